The van der Waals surface area contributed by atoms with Gasteiger partial charge in [0.25, 0.3) is 5.91 Å². The van der Waals surface area contributed by atoms with Crippen LogP contribution in [0, 0.1) is 11.2 Å². The first kappa shape index (κ1) is 27.7. The van der Waals surface area contributed by atoms with Gasteiger partial charge in [-0.25, -0.2) is 4.39 Å². The van der Waals surface area contributed by atoms with E-state index >= 15 is 0 Å². The zero-order valence-corrected chi connectivity index (χ0v) is 21.3. The molecule has 3 amide bonds. The van der Waals surface area contributed by atoms with Gasteiger partial charge in [-0.2, -0.15) is 13.2 Å². The molecule has 1 heterocycles. The largest absolute Gasteiger partial charge is 0.489 e. The molecule has 2 aliphatic rings. The molecule has 2 aromatic rings. The SMILES string of the molecule is CC(C)N1C(=O)[C@H](NC(=O)[C@@H](Cc2ccccc2F)NC(=O)C2(C(F)(F)F)CC2)COc2cc(Cl)ccc21. The van der Waals surface area contributed by atoms with Crippen LogP contribution in [0.25, 0.3) is 0 Å². The van der Waals surface area contributed by atoms with Gasteiger partial charge in [0.2, 0.25) is 11.8 Å². The van der Waals surface area contributed by atoms with Crippen LogP contribution in [-0.2, 0) is 20.8 Å². The van der Waals surface area contributed by atoms with Crippen molar-refractivity contribution in [3.05, 3.63) is 58.9 Å². The molecule has 2 aromatic carbocycles. The lowest BCUT2D eigenvalue weighted by atomic mass is 10.0. The van der Waals surface area contributed by atoms with E-state index in [-0.39, 0.29) is 18.2 Å². The third kappa shape index (κ3) is 5.43. The van der Waals surface area contributed by atoms with Gasteiger partial charge in [-0.15, -0.1) is 0 Å². The van der Waals surface area contributed by atoms with Gasteiger partial charge < -0.3 is 20.3 Å². The third-order valence-electron chi connectivity index (χ3n) is 6.69. The van der Waals surface area contributed by atoms with Crippen LogP contribution in [0.4, 0.5) is 23.2 Å². The summed E-state index contributed by atoms with van der Waals surface area (Å²) in [6.07, 6.45) is -6.04. The number of nitrogens with one attached hydrogen (secondary N) is 2. The van der Waals surface area contributed by atoms with Gasteiger partial charge in [-0.05, 0) is 50.5 Å². The number of hydrogen-bond acceptors (Lipinski definition) is 4. The van der Waals surface area contributed by atoms with E-state index < -0.39 is 66.5 Å². The number of alkyl halides is 3. The van der Waals surface area contributed by atoms with Crippen LogP contribution in [-0.4, -0.2) is 48.6 Å². The highest BCUT2D eigenvalue weighted by molar-refractivity contribution is 6.30. The molecule has 0 unspecified atom stereocenters. The molecule has 12 heteroatoms. The van der Waals surface area contributed by atoms with E-state index in [9.17, 15) is 31.9 Å². The predicted molar refractivity (Wildman–Crippen MR) is 131 cm³/mol. The molecule has 204 valence electrons. The topological polar surface area (TPSA) is 87.7 Å². The van der Waals surface area contributed by atoms with Gasteiger partial charge in [0.15, 0.2) is 0 Å². The van der Waals surface area contributed by atoms with Crippen molar-refractivity contribution >= 4 is 35.0 Å². The quantitative estimate of drug-likeness (QED) is 0.502. The second-order valence-corrected chi connectivity index (χ2v) is 10.1. The summed E-state index contributed by atoms with van der Waals surface area (Å²) in [5, 5.41) is 5.02. The summed E-state index contributed by atoms with van der Waals surface area (Å²) in [7, 11) is 0. The Morgan fingerprint density at radius 3 is 2.47 bits per heavy atom. The lowest BCUT2D eigenvalue weighted by Crippen LogP contribution is -2.58. The number of amides is 3. The molecule has 1 saturated carbocycles. The molecule has 0 spiro atoms. The normalized spacial score (nSPS) is 19.2. The average molecular weight is 556 g/mol. The minimum absolute atomic E-state index is 0.0131. The molecule has 0 aromatic heterocycles. The van der Waals surface area contributed by atoms with Gasteiger partial charge >= 0.3 is 6.18 Å². The fraction of sp³-hybridized carbons (Fsp3) is 0.423. The van der Waals surface area contributed by atoms with Crippen molar-refractivity contribution in [2.75, 3.05) is 11.5 Å². The number of ether oxygens (including phenoxy) is 1. The number of benzene rings is 2. The van der Waals surface area contributed by atoms with Crippen LogP contribution in [0.5, 0.6) is 5.75 Å². The lowest BCUT2D eigenvalue weighted by Gasteiger charge is -2.29. The van der Waals surface area contributed by atoms with Crippen molar-refractivity contribution in [3.8, 4) is 5.75 Å². The van der Waals surface area contributed by atoms with E-state index in [4.69, 9.17) is 16.3 Å². The highest BCUT2D eigenvalue weighted by Crippen LogP contribution is 2.57. The van der Waals surface area contributed by atoms with Crippen molar-refractivity contribution in [3.63, 3.8) is 0 Å². The van der Waals surface area contributed by atoms with Crippen molar-refractivity contribution in [1.82, 2.24) is 10.6 Å². The molecule has 4 rings (SSSR count). The Bertz CT molecular complexity index is 1250. The van der Waals surface area contributed by atoms with E-state index in [0.717, 1.165) is 6.07 Å². The number of carbonyl (C=O) groups excluding carboxylic acids is 3. The van der Waals surface area contributed by atoms with Crippen LogP contribution >= 0.6 is 11.6 Å². The number of halogens is 5. The second kappa shape index (κ2) is 10.4. The van der Waals surface area contributed by atoms with E-state index in [1.54, 1.807) is 26.0 Å². The zero-order valence-electron chi connectivity index (χ0n) is 20.6. The van der Waals surface area contributed by atoms with Gasteiger partial charge in [0.1, 0.15) is 35.7 Å². The Hall–Kier alpha value is -3.34. The molecule has 1 aliphatic carbocycles. The highest BCUT2D eigenvalue weighted by Gasteiger charge is 2.68. The van der Waals surface area contributed by atoms with E-state index in [2.05, 4.69) is 10.6 Å². The monoisotopic (exact) mass is 555 g/mol. The molecular formula is C26H26ClF4N3O4. The van der Waals surface area contributed by atoms with Crippen molar-refractivity contribution < 1.29 is 36.7 Å². The van der Waals surface area contributed by atoms with Crippen molar-refractivity contribution in [2.24, 2.45) is 5.41 Å². The maximum atomic E-state index is 14.4. The minimum Gasteiger partial charge on any atom is -0.489 e. The number of rotatable bonds is 7. The summed E-state index contributed by atoms with van der Waals surface area (Å²) in [6, 6.07) is 6.95. The number of hydrogen-bond donors (Lipinski definition) is 2. The number of anilines is 1. The Balaban J connectivity index is 1.59. The Kier molecular flexibility index (Phi) is 7.60. The van der Waals surface area contributed by atoms with Crippen molar-refractivity contribution in [2.45, 2.75) is 57.4 Å². The highest BCUT2D eigenvalue weighted by atomic mass is 35.5. The predicted octanol–water partition coefficient (Wildman–Crippen LogP) is 4.17. The lowest BCUT2D eigenvalue weighted by molar-refractivity contribution is -0.192. The molecule has 1 fully saturated rings. The fourth-order valence-electron chi connectivity index (χ4n) is 4.40. The van der Waals surface area contributed by atoms with Crippen LogP contribution in [0.1, 0.15) is 32.3 Å². The van der Waals surface area contributed by atoms with Crippen molar-refractivity contribution in [1.29, 1.82) is 0 Å². The number of nitrogens with zero attached hydrogens (tertiary/aromatic N) is 1. The summed E-state index contributed by atoms with van der Waals surface area (Å²) in [6.45, 7) is 3.22. The van der Waals surface area contributed by atoms with Gasteiger partial charge in [0.05, 0.1) is 5.69 Å². The maximum Gasteiger partial charge on any atom is 0.403 e. The number of fused-ring (bicyclic) bond motifs is 1. The molecular weight excluding hydrogens is 530 g/mol. The molecule has 7 nitrogen and oxygen atoms in total. The molecule has 0 saturated heterocycles. The first-order valence-corrected chi connectivity index (χ1v) is 12.4. The molecule has 0 radical (unpaired) electrons. The van der Waals surface area contributed by atoms with Crippen LogP contribution in [0.15, 0.2) is 42.5 Å². The molecule has 2 N–H and O–H groups in total. The standard InChI is InChI=1S/C26H26ClF4N3O4/c1-14(2)34-20-8-7-16(27)12-21(20)38-13-19(23(34)36)32-22(35)18(11-15-5-3-4-6-17(15)28)33-24(37)25(9-10-25)26(29,30)31/h3-8,12,14,18-19H,9-11,13H2,1-2H3,(H,32,35)(H,33,37)/t18-,19-/m1/s1. The minimum atomic E-state index is -4.80. The second-order valence-electron chi connectivity index (χ2n) is 9.69. The Labute approximate surface area is 221 Å². The summed E-state index contributed by atoms with van der Waals surface area (Å²) in [5.41, 5.74) is -2.14. The summed E-state index contributed by atoms with van der Waals surface area (Å²) < 4.78 is 60.7. The van der Waals surface area contributed by atoms with Crippen LogP contribution in [0.3, 0.4) is 0 Å². The Morgan fingerprint density at radius 2 is 1.87 bits per heavy atom. The van der Waals surface area contributed by atoms with E-state index in [1.807, 2.05) is 0 Å². The Morgan fingerprint density at radius 1 is 1.18 bits per heavy atom. The first-order valence-electron chi connectivity index (χ1n) is 12.0. The number of carbonyl (C=O) groups is 3. The van der Waals surface area contributed by atoms with Crippen LogP contribution in [0.2, 0.25) is 5.02 Å². The summed E-state index contributed by atoms with van der Waals surface area (Å²) >= 11 is 6.06. The molecule has 38 heavy (non-hydrogen) atoms. The summed E-state index contributed by atoms with van der Waals surface area (Å²) in [4.78, 5) is 40.9. The summed E-state index contributed by atoms with van der Waals surface area (Å²) in [5.74, 6) is -3.22. The zero-order chi connectivity index (χ0) is 27.8. The third-order valence-corrected chi connectivity index (χ3v) is 6.92. The van der Waals surface area contributed by atoms with E-state index in [0.29, 0.717) is 16.5 Å². The first-order chi connectivity index (χ1) is 17.8. The smallest absolute Gasteiger partial charge is 0.403 e. The maximum absolute atomic E-state index is 14.4. The van der Waals surface area contributed by atoms with Gasteiger partial charge in [0, 0.05) is 23.6 Å². The average Bonchev–Trinajstić information content (AvgIpc) is 3.66. The van der Waals surface area contributed by atoms with Gasteiger partial charge in [-0.3, -0.25) is 14.4 Å². The van der Waals surface area contributed by atoms with E-state index in [1.165, 1.54) is 29.2 Å². The molecule has 2 atom stereocenters. The molecule has 0 bridgehead atoms. The van der Waals surface area contributed by atoms with Gasteiger partial charge in [-0.1, -0.05) is 29.8 Å². The molecule has 1 aliphatic heterocycles. The van der Waals surface area contributed by atoms with Crippen LogP contribution < -0.4 is 20.3 Å². The fourth-order valence-corrected chi connectivity index (χ4v) is 4.56.